The summed E-state index contributed by atoms with van der Waals surface area (Å²) >= 11 is 3.43. The third-order valence-electron chi connectivity index (χ3n) is 10.8. The van der Waals surface area contributed by atoms with Crippen molar-refractivity contribution in [2.75, 3.05) is 4.90 Å². The molecule has 7 heteroatoms. The predicted molar refractivity (Wildman–Crippen MR) is 245 cm³/mol. The van der Waals surface area contributed by atoms with Crippen LogP contribution in [0.15, 0.2) is 164 Å². The van der Waals surface area contributed by atoms with Crippen LogP contribution in [0.4, 0.5) is 28.4 Å². The van der Waals surface area contributed by atoms with Gasteiger partial charge in [-0.05, 0) is 112 Å². The molecule has 0 aliphatic carbocycles. The third-order valence-corrected chi connectivity index (χ3v) is 13.0. The molecule has 0 saturated heterocycles. The summed E-state index contributed by atoms with van der Waals surface area (Å²) in [5, 5.41) is 23.6. The first-order valence-corrected chi connectivity index (χ1v) is 20.4. The fourth-order valence-electron chi connectivity index (χ4n) is 7.80. The average Bonchev–Trinajstić information content (AvgIpc) is 3.86. The fraction of sp³-hybridized carbons (Fsp3) is 0. The van der Waals surface area contributed by atoms with Crippen molar-refractivity contribution < 1.29 is 0 Å². The maximum Gasteiger partial charge on any atom is 0.205 e. The molecule has 0 fully saturated rings. The summed E-state index contributed by atoms with van der Waals surface area (Å²) in [6.45, 7) is 15.0. The van der Waals surface area contributed by atoms with E-state index < -0.39 is 0 Å². The van der Waals surface area contributed by atoms with Gasteiger partial charge in [0.2, 0.25) is 5.69 Å². The first kappa shape index (κ1) is 35.4. The molecule has 8 aromatic carbocycles. The van der Waals surface area contributed by atoms with E-state index in [1.807, 2.05) is 36.4 Å². The molecule has 10 rings (SSSR count). The van der Waals surface area contributed by atoms with Gasteiger partial charge < -0.3 is 4.90 Å². The van der Waals surface area contributed by atoms with Crippen molar-refractivity contribution in [3.8, 4) is 45.5 Å². The molecule has 0 unspecified atom stereocenters. The highest BCUT2D eigenvalue weighted by atomic mass is 32.1. The molecule has 0 radical (unpaired) electrons. The van der Waals surface area contributed by atoms with Gasteiger partial charge in [0.05, 0.1) is 36.4 Å². The summed E-state index contributed by atoms with van der Waals surface area (Å²) in [4.78, 5) is 9.43. The molecule has 10 aromatic rings. The number of hydrogen-bond acceptors (Lipinski definition) is 5. The Labute approximate surface area is 348 Å². The monoisotopic (exact) mass is 785 g/mol. The lowest BCUT2D eigenvalue weighted by Crippen LogP contribution is -2.09. The van der Waals surface area contributed by atoms with Crippen LogP contribution in [-0.4, -0.2) is 0 Å². The van der Waals surface area contributed by atoms with Crippen LogP contribution in [0.25, 0.3) is 83.4 Å². The van der Waals surface area contributed by atoms with Crippen LogP contribution in [0.2, 0.25) is 0 Å². The highest BCUT2D eigenvalue weighted by Crippen LogP contribution is 2.42. The summed E-state index contributed by atoms with van der Waals surface area (Å²) in [6.07, 6.45) is 0. The van der Waals surface area contributed by atoms with Crippen molar-refractivity contribution in [2.45, 2.75) is 0 Å². The number of fused-ring (bicyclic) bond motifs is 6. The smallest absolute Gasteiger partial charge is 0.205 e. The average molecular weight is 786 g/mol. The van der Waals surface area contributed by atoms with E-state index in [-0.39, 0.29) is 0 Å². The summed E-state index contributed by atoms with van der Waals surface area (Å²) in [5.74, 6) is 0. The summed E-state index contributed by atoms with van der Waals surface area (Å²) in [6, 6.07) is 60.3. The molecular formula is C52H27N5S2. The molecule has 59 heavy (non-hydrogen) atoms. The van der Waals surface area contributed by atoms with E-state index in [2.05, 4.69) is 142 Å². The van der Waals surface area contributed by atoms with E-state index in [9.17, 15) is 10.5 Å². The first-order valence-electron chi connectivity index (χ1n) is 18.7. The van der Waals surface area contributed by atoms with Gasteiger partial charge in [-0.2, -0.15) is 10.5 Å². The van der Waals surface area contributed by atoms with Crippen molar-refractivity contribution in [2.24, 2.45) is 0 Å². The molecule has 0 amide bonds. The van der Waals surface area contributed by atoms with Gasteiger partial charge in [-0.15, -0.1) is 22.7 Å². The van der Waals surface area contributed by atoms with Gasteiger partial charge in [-0.3, -0.25) is 0 Å². The Morgan fingerprint density at radius 3 is 1.31 bits per heavy atom. The number of benzene rings is 8. The second-order valence-electron chi connectivity index (χ2n) is 14.2. The van der Waals surface area contributed by atoms with E-state index in [0.29, 0.717) is 22.5 Å². The van der Waals surface area contributed by atoms with Gasteiger partial charge in [0.1, 0.15) is 0 Å². The molecule has 0 saturated carbocycles. The number of anilines is 3. The Morgan fingerprint density at radius 2 is 0.831 bits per heavy atom. The van der Waals surface area contributed by atoms with E-state index in [4.69, 9.17) is 13.1 Å². The van der Waals surface area contributed by atoms with E-state index in [1.165, 1.54) is 30.9 Å². The Morgan fingerprint density at radius 1 is 0.407 bits per heavy atom. The SMILES string of the molecule is [C-]#[N+]c1ccc2c(c1)sc1cc(-c3ccc(N(c4ccc(-c5ccc(C#N)c([N+]#[C-])c5)cc4)c4ccc(-c5ccc6c(c5)sc5cc(C#N)ccc56)cc4)cc3)ccc12. The molecular weight excluding hydrogens is 759 g/mol. The summed E-state index contributed by atoms with van der Waals surface area (Å²) < 4.78 is 4.61. The van der Waals surface area contributed by atoms with Gasteiger partial charge in [-0.1, -0.05) is 91.0 Å². The highest BCUT2D eigenvalue weighted by Gasteiger charge is 2.16. The van der Waals surface area contributed by atoms with Gasteiger partial charge in [0.25, 0.3) is 0 Å². The highest BCUT2D eigenvalue weighted by molar-refractivity contribution is 7.26. The van der Waals surface area contributed by atoms with Crippen LogP contribution in [-0.2, 0) is 0 Å². The maximum atomic E-state index is 9.44. The fourth-order valence-corrected chi connectivity index (χ4v) is 10.2. The Bertz CT molecular complexity index is 3300. The van der Waals surface area contributed by atoms with E-state index in [1.54, 1.807) is 34.8 Å². The molecule has 0 aliphatic rings. The topological polar surface area (TPSA) is 59.5 Å². The lowest BCUT2D eigenvalue weighted by molar-refractivity contribution is 1.28. The molecule has 0 atom stereocenters. The molecule has 0 bridgehead atoms. The van der Waals surface area contributed by atoms with Crippen LogP contribution in [0.3, 0.4) is 0 Å². The number of thiophene rings is 2. The van der Waals surface area contributed by atoms with Gasteiger partial charge in [0.15, 0.2) is 5.69 Å². The molecule has 0 spiro atoms. The molecule has 2 heterocycles. The Balaban J connectivity index is 1.01. The molecule has 5 nitrogen and oxygen atoms in total. The molecule has 0 N–H and O–H groups in total. The minimum absolute atomic E-state index is 0.344. The number of rotatable bonds is 6. The second kappa shape index (κ2) is 14.5. The lowest BCUT2D eigenvalue weighted by atomic mass is 10.0. The zero-order chi connectivity index (χ0) is 40.0. The van der Waals surface area contributed by atoms with Crippen molar-refractivity contribution in [3.05, 3.63) is 198 Å². The van der Waals surface area contributed by atoms with Gasteiger partial charge in [0, 0.05) is 52.0 Å². The second-order valence-corrected chi connectivity index (χ2v) is 16.3. The standard InChI is InChI=1S/C52H27N5S2/c1-55-40-14-24-47-46-23-13-38(28-51(46)59-52(47)29-40)35-10-19-43(20-11-35)57(41-15-6-33(7-16-41)36-4-5-39(31-54)48(26-36)56-2)42-17-8-34(9-18-42)37-12-22-45-44-21-3-32(30-53)25-49(44)58-50(45)27-37/h3-29H. The zero-order valence-corrected chi connectivity index (χ0v) is 32.8. The molecule has 0 aliphatic heterocycles. The van der Waals surface area contributed by atoms with Gasteiger partial charge in [-0.25, -0.2) is 9.69 Å². The van der Waals surface area contributed by atoms with Crippen LogP contribution < -0.4 is 4.90 Å². The van der Waals surface area contributed by atoms with Crippen LogP contribution in [0.5, 0.6) is 0 Å². The third kappa shape index (κ3) is 6.31. The van der Waals surface area contributed by atoms with Crippen molar-refractivity contribution in [3.63, 3.8) is 0 Å². The van der Waals surface area contributed by atoms with Crippen molar-refractivity contribution >= 4 is 91.5 Å². The summed E-state index contributed by atoms with van der Waals surface area (Å²) in [7, 11) is 0. The summed E-state index contributed by atoms with van der Waals surface area (Å²) in [5.41, 5.74) is 11.3. The minimum Gasteiger partial charge on any atom is -0.311 e. The quantitative estimate of drug-likeness (QED) is 0.158. The molecule has 272 valence electrons. The molecule has 2 aromatic heterocycles. The number of hydrogen-bond donors (Lipinski definition) is 0. The lowest BCUT2D eigenvalue weighted by Gasteiger charge is -2.26. The van der Waals surface area contributed by atoms with Gasteiger partial charge >= 0.3 is 0 Å². The number of nitriles is 2. The van der Waals surface area contributed by atoms with E-state index in [0.717, 1.165) is 59.8 Å². The largest absolute Gasteiger partial charge is 0.311 e. The first-order chi connectivity index (χ1) is 29.0. The van der Waals surface area contributed by atoms with Crippen LogP contribution in [0, 0.1) is 35.8 Å². The normalized spacial score (nSPS) is 11.0. The van der Waals surface area contributed by atoms with Crippen molar-refractivity contribution in [1.82, 2.24) is 0 Å². The Kier molecular flexibility index (Phi) is 8.68. The number of nitrogens with zero attached hydrogens (tertiary/aromatic N) is 5. The maximum absolute atomic E-state index is 9.44. The van der Waals surface area contributed by atoms with E-state index >= 15 is 0 Å². The minimum atomic E-state index is 0.344. The predicted octanol–water partition coefficient (Wildman–Crippen LogP) is 15.7. The Hall–Kier alpha value is -8.04. The van der Waals surface area contributed by atoms with Crippen LogP contribution >= 0.6 is 22.7 Å². The van der Waals surface area contributed by atoms with Crippen LogP contribution in [0.1, 0.15) is 11.1 Å². The zero-order valence-electron chi connectivity index (χ0n) is 31.1. The van der Waals surface area contributed by atoms with Crippen molar-refractivity contribution in [1.29, 1.82) is 10.5 Å².